The predicted molar refractivity (Wildman–Crippen MR) is 77.3 cm³/mol. The number of hydrogen-bond donors (Lipinski definition) is 1. The highest BCUT2D eigenvalue weighted by molar-refractivity contribution is 5.34. The fraction of sp³-hybridized carbons (Fsp3) is 0.529. The van der Waals surface area contributed by atoms with Crippen molar-refractivity contribution in [3.63, 3.8) is 0 Å². The summed E-state index contributed by atoms with van der Waals surface area (Å²) in [6.07, 6.45) is 8.61. The summed E-state index contributed by atoms with van der Waals surface area (Å²) < 4.78 is 0. The highest BCUT2D eigenvalue weighted by Crippen LogP contribution is 2.43. The van der Waals surface area contributed by atoms with Crippen LogP contribution in [0.1, 0.15) is 50.8 Å². The van der Waals surface area contributed by atoms with E-state index in [1.54, 1.807) is 0 Å². The van der Waals surface area contributed by atoms with Gasteiger partial charge in [-0.05, 0) is 36.3 Å². The first-order chi connectivity index (χ1) is 8.54. The zero-order valence-electron chi connectivity index (χ0n) is 11.7. The Labute approximate surface area is 111 Å². The molecule has 1 aromatic rings. The smallest absolute Gasteiger partial charge is 0.0377 e. The van der Waals surface area contributed by atoms with Crippen LogP contribution in [0.25, 0.3) is 0 Å². The molecule has 1 aliphatic carbocycles. The molecule has 0 aliphatic heterocycles. The van der Waals surface area contributed by atoms with E-state index in [1.807, 2.05) is 0 Å². The van der Waals surface area contributed by atoms with Crippen molar-refractivity contribution in [2.75, 3.05) is 0 Å². The average molecular weight is 241 g/mol. The molecule has 2 atom stereocenters. The molecule has 0 amide bonds. The first-order valence-corrected chi connectivity index (χ1v) is 6.82. The molecule has 1 nitrogen and oxygen atoms in total. The van der Waals surface area contributed by atoms with Gasteiger partial charge >= 0.3 is 0 Å². The van der Waals surface area contributed by atoms with Crippen LogP contribution in [-0.4, -0.2) is 6.04 Å². The minimum absolute atomic E-state index is 0.289. The van der Waals surface area contributed by atoms with Gasteiger partial charge in [-0.15, -0.1) is 12.3 Å². The van der Waals surface area contributed by atoms with Gasteiger partial charge in [-0.2, -0.15) is 0 Å². The minimum atomic E-state index is 0.289. The maximum Gasteiger partial charge on any atom is 0.0377 e. The molecular formula is C17H23N. The SMILES string of the molecule is C#CCC(C)NC1c2ccccc2CCC1(C)C. The number of aryl methyl sites for hydroxylation is 1. The third kappa shape index (κ3) is 2.60. The Bertz CT molecular complexity index is 453. The summed E-state index contributed by atoms with van der Waals surface area (Å²) >= 11 is 0. The molecule has 96 valence electrons. The van der Waals surface area contributed by atoms with Gasteiger partial charge in [-0.1, -0.05) is 38.1 Å². The lowest BCUT2D eigenvalue weighted by Gasteiger charge is -2.42. The Kier molecular flexibility index (Phi) is 3.78. The van der Waals surface area contributed by atoms with Crippen LogP contribution in [0, 0.1) is 17.8 Å². The summed E-state index contributed by atoms with van der Waals surface area (Å²) in [5.41, 5.74) is 3.23. The normalized spacial score (nSPS) is 22.9. The Hall–Kier alpha value is -1.26. The average Bonchev–Trinajstić information content (AvgIpc) is 2.33. The lowest BCUT2D eigenvalue weighted by molar-refractivity contribution is 0.197. The summed E-state index contributed by atoms with van der Waals surface area (Å²) in [4.78, 5) is 0. The largest absolute Gasteiger partial charge is 0.306 e. The van der Waals surface area contributed by atoms with E-state index in [0.29, 0.717) is 12.1 Å². The monoisotopic (exact) mass is 241 g/mol. The second-order valence-electron chi connectivity index (χ2n) is 6.10. The lowest BCUT2D eigenvalue weighted by Crippen LogP contribution is -2.42. The second-order valence-corrected chi connectivity index (χ2v) is 6.10. The van der Waals surface area contributed by atoms with Crippen molar-refractivity contribution in [3.8, 4) is 12.3 Å². The number of benzene rings is 1. The Morgan fingerprint density at radius 3 is 2.89 bits per heavy atom. The molecule has 0 spiro atoms. The molecule has 1 heteroatoms. The summed E-state index contributed by atoms with van der Waals surface area (Å²) in [6.45, 7) is 6.87. The van der Waals surface area contributed by atoms with Crippen molar-refractivity contribution in [2.45, 2.75) is 52.1 Å². The van der Waals surface area contributed by atoms with Crippen LogP contribution in [0.15, 0.2) is 24.3 Å². The van der Waals surface area contributed by atoms with E-state index in [-0.39, 0.29) is 5.41 Å². The van der Waals surface area contributed by atoms with Crippen LogP contribution in [-0.2, 0) is 6.42 Å². The molecule has 0 aromatic heterocycles. The van der Waals surface area contributed by atoms with Gasteiger partial charge in [0.25, 0.3) is 0 Å². The number of rotatable bonds is 3. The van der Waals surface area contributed by atoms with Crippen LogP contribution >= 0.6 is 0 Å². The van der Waals surface area contributed by atoms with Crippen LogP contribution < -0.4 is 5.32 Å². The highest BCUT2D eigenvalue weighted by Gasteiger charge is 2.35. The number of fused-ring (bicyclic) bond motifs is 1. The Morgan fingerprint density at radius 1 is 1.44 bits per heavy atom. The van der Waals surface area contributed by atoms with Gasteiger partial charge in [0.2, 0.25) is 0 Å². The number of hydrogen-bond acceptors (Lipinski definition) is 1. The summed E-state index contributed by atoms with van der Waals surface area (Å²) in [6, 6.07) is 9.57. The van der Waals surface area contributed by atoms with E-state index >= 15 is 0 Å². The third-order valence-corrected chi connectivity index (χ3v) is 4.06. The lowest BCUT2D eigenvalue weighted by atomic mass is 9.70. The first-order valence-electron chi connectivity index (χ1n) is 6.82. The quantitative estimate of drug-likeness (QED) is 0.796. The zero-order valence-corrected chi connectivity index (χ0v) is 11.7. The third-order valence-electron chi connectivity index (χ3n) is 4.06. The fourth-order valence-corrected chi connectivity index (χ4v) is 2.90. The van der Waals surface area contributed by atoms with Crippen LogP contribution in [0.3, 0.4) is 0 Å². The predicted octanol–water partition coefficient (Wildman–Crippen LogP) is 3.70. The number of terminal acetylenes is 1. The van der Waals surface area contributed by atoms with E-state index in [9.17, 15) is 0 Å². The van der Waals surface area contributed by atoms with Gasteiger partial charge in [0.05, 0.1) is 0 Å². The number of nitrogens with one attached hydrogen (secondary N) is 1. The van der Waals surface area contributed by atoms with Gasteiger partial charge in [-0.3, -0.25) is 0 Å². The molecule has 1 N–H and O–H groups in total. The van der Waals surface area contributed by atoms with E-state index < -0.39 is 0 Å². The van der Waals surface area contributed by atoms with E-state index in [4.69, 9.17) is 6.42 Å². The van der Waals surface area contributed by atoms with Crippen molar-refractivity contribution in [1.29, 1.82) is 0 Å². The van der Waals surface area contributed by atoms with Crippen LogP contribution in [0.5, 0.6) is 0 Å². The Morgan fingerprint density at radius 2 is 2.17 bits per heavy atom. The maximum absolute atomic E-state index is 5.41. The molecule has 1 aromatic carbocycles. The van der Waals surface area contributed by atoms with Crippen molar-refractivity contribution < 1.29 is 0 Å². The molecule has 1 aliphatic rings. The van der Waals surface area contributed by atoms with Gasteiger partial charge in [-0.25, -0.2) is 0 Å². The standard InChI is InChI=1S/C17H23N/c1-5-8-13(2)18-16-15-10-7-6-9-14(15)11-12-17(16,3)4/h1,6-7,9-10,13,16,18H,8,11-12H2,2-4H3. The fourth-order valence-electron chi connectivity index (χ4n) is 2.90. The molecule has 0 radical (unpaired) electrons. The maximum atomic E-state index is 5.41. The van der Waals surface area contributed by atoms with E-state index in [0.717, 1.165) is 6.42 Å². The molecule has 0 saturated heterocycles. The first kappa shape index (κ1) is 13.2. The van der Waals surface area contributed by atoms with Crippen molar-refractivity contribution in [3.05, 3.63) is 35.4 Å². The molecule has 0 saturated carbocycles. The van der Waals surface area contributed by atoms with Gasteiger partial charge < -0.3 is 5.32 Å². The zero-order chi connectivity index (χ0) is 13.2. The van der Waals surface area contributed by atoms with Gasteiger partial charge in [0.15, 0.2) is 0 Å². The Balaban J connectivity index is 2.27. The van der Waals surface area contributed by atoms with E-state index in [2.05, 4.69) is 56.3 Å². The van der Waals surface area contributed by atoms with Crippen molar-refractivity contribution >= 4 is 0 Å². The summed E-state index contributed by atoms with van der Waals surface area (Å²) in [7, 11) is 0. The topological polar surface area (TPSA) is 12.0 Å². The summed E-state index contributed by atoms with van der Waals surface area (Å²) in [5.74, 6) is 2.75. The molecule has 2 rings (SSSR count). The minimum Gasteiger partial charge on any atom is -0.306 e. The molecule has 18 heavy (non-hydrogen) atoms. The van der Waals surface area contributed by atoms with E-state index in [1.165, 1.54) is 24.0 Å². The van der Waals surface area contributed by atoms with Crippen molar-refractivity contribution in [1.82, 2.24) is 5.32 Å². The van der Waals surface area contributed by atoms with Gasteiger partial charge in [0.1, 0.15) is 0 Å². The second kappa shape index (κ2) is 5.16. The molecule has 0 bridgehead atoms. The molecule has 0 fully saturated rings. The van der Waals surface area contributed by atoms with Crippen LogP contribution in [0.2, 0.25) is 0 Å². The molecular weight excluding hydrogens is 218 g/mol. The summed E-state index contributed by atoms with van der Waals surface area (Å²) in [5, 5.41) is 3.72. The van der Waals surface area contributed by atoms with Crippen molar-refractivity contribution in [2.24, 2.45) is 5.41 Å². The highest BCUT2D eigenvalue weighted by atomic mass is 15.0. The van der Waals surface area contributed by atoms with Gasteiger partial charge in [0, 0.05) is 18.5 Å². The molecule has 0 heterocycles. The van der Waals surface area contributed by atoms with Crippen LogP contribution in [0.4, 0.5) is 0 Å². The molecule has 2 unspecified atom stereocenters.